The van der Waals surface area contributed by atoms with Crippen LogP contribution in [0, 0.1) is 0 Å². The van der Waals surface area contributed by atoms with E-state index in [2.05, 4.69) is 21.3 Å². The number of carbonyl (C=O) groups excluding carboxylic acids is 6. The third kappa shape index (κ3) is 8.73. The first-order valence-electron chi connectivity index (χ1n) is 15.8. The minimum atomic E-state index is -0.763. The fourth-order valence-electron chi connectivity index (χ4n) is 5.61. The van der Waals surface area contributed by atoms with Crippen LogP contribution in [0.15, 0.2) is 97.1 Å². The molecule has 12 nitrogen and oxygen atoms in total. The molecule has 0 bridgehead atoms. The summed E-state index contributed by atoms with van der Waals surface area (Å²) in [4.78, 5) is 77.3. The summed E-state index contributed by atoms with van der Waals surface area (Å²) in [6.07, 6.45) is 0.633. The lowest BCUT2D eigenvalue weighted by Crippen LogP contribution is -2.43. The number of ketones is 2. The van der Waals surface area contributed by atoms with Gasteiger partial charge in [0.25, 0.3) is 0 Å². The van der Waals surface area contributed by atoms with Gasteiger partial charge in [-0.2, -0.15) is 0 Å². The van der Waals surface area contributed by atoms with Gasteiger partial charge in [-0.05, 0) is 60.4 Å². The lowest BCUT2D eigenvalue weighted by atomic mass is 9.83. The van der Waals surface area contributed by atoms with Crippen LogP contribution in [-0.4, -0.2) is 74.7 Å². The summed E-state index contributed by atoms with van der Waals surface area (Å²) in [5.41, 5.74) is 2.89. The van der Waals surface area contributed by atoms with Gasteiger partial charge in [0.2, 0.25) is 11.8 Å². The molecule has 2 atom stereocenters. The summed E-state index contributed by atoms with van der Waals surface area (Å²) in [6, 6.07) is 25.9. The molecule has 0 saturated heterocycles. The van der Waals surface area contributed by atoms with Crippen molar-refractivity contribution in [1.29, 1.82) is 0 Å². The Kier molecular flexibility index (Phi) is 11.6. The summed E-state index contributed by atoms with van der Waals surface area (Å²) in [6.45, 7) is -0.437. The average Bonchev–Trinajstić information content (AvgIpc) is 3.14. The molecule has 0 saturated carbocycles. The zero-order valence-corrected chi connectivity index (χ0v) is 27.5. The molecule has 0 aliphatic heterocycles. The predicted molar refractivity (Wildman–Crippen MR) is 185 cm³/mol. The smallest absolute Gasteiger partial charge is 0.323 e. The van der Waals surface area contributed by atoms with Crippen molar-refractivity contribution in [1.82, 2.24) is 10.6 Å². The molecular weight excluding hydrogens is 640 g/mol. The number of carbonyl (C=O) groups is 6. The molecule has 256 valence electrons. The number of ether oxygens (including phenoxy) is 2. The second-order valence-electron chi connectivity index (χ2n) is 11.6. The maximum absolute atomic E-state index is 13.6. The standard InChI is InChI=1S/C38H36N4O8/c1-49-37(47)31(17-23-9-5-3-6-10-23)39-21-33(43)41-25-13-15-27-29(19-25)36(46)30-20-26(14-16-28(30)35(27)45)42-34(44)22-40-32(38(48)50-2)18-24-11-7-4-8-12-24/h3-16,19-20,31-32,39-40H,17-18,21-22H2,1-2H3,(H,41,43)(H,42,44)/t31-,32+. The van der Waals surface area contributed by atoms with Crippen LogP contribution in [0.4, 0.5) is 11.4 Å². The maximum atomic E-state index is 13.6. The molecule has 0 aromatic heterocycles. The molecular formula is C38H36N4O8. The summed E-state index contributed by atoms with van der Waals surface area (Å²) >= 11 is 0. The van der Waals surface area contributed by atoms with Gasteiger partial charge in [0.15, 0.2) is 11.6 Å². The van der Waals surface area contributed by atoms with E-state index in [9.17, 15) is 28.8 Å². The van der Waals surface area contributed by atoms with E-state index in [4.69, 9.17) is 9.47 Å². The average molecular weight is 677 g/mol. The molecule has 50 heavy (non-hydrogen) atoms. The van der Waals surface area contributed by atoms with Crippen LogP contribution >= 0.6 is 0 Å². The highest BCUT2D eigenvalue weighted by atomic mass is 16.5. The molecule has 0 radical (unpaired) electrons. The van der Waals surface area contributed by atoms with Crippen molar-refractivity contribution < 1.29 is 38.2 Å². The number of anilines is 2. The van der Waals surface area contributed by atoms with E-state index in [1.165, 1.54) is 50.6 Å². The Labute approximate surface area is 288 Å². The van der Waals surface area contributed by atoms with E-state index >= 15 is 0 Å². The van der Waals surface area contributed by atoms with Gasteiger partial charge in [0, 0.05) is 33.6 Å². The lowest BCUT2D eigenvalue weighted by molar-refractivity contribution is -0.144. The zero-order chi connectivity index (χ0) is 35.6. The molecule has 4 aromatic carbocycles. The predicted octanol–water partition coefficient (Wildman–Crippen LogP) is 3.09. The highest BCUT2D eigenvalue weighted by Crippen LogP contribution is 2.31. The normalized spacial score (nSPS) is 12.9. The fraction of sp³-hybridized carbons (Fsp3) is 0.211. The quantitative estimate of drug-likeness (QED) is 0.128. The van der Waals surface area contributed by atoms with Crippen molar-refractivity contribution in [3.8, 4) is 0 Å². The van der Waals surface area contributed by atoms with Crippen LogP contribution in [0.3, 0.4) is 0 Å². The highest BCUT2D eigenvalue weighted by molar-refractivity contribution is 6.29. The second-order valence-corrected chi connectivity index (χ2v) is 11.6. The Bertz CT molecular complexity index is 1780. The van der Waals surface area contributed by atoms with Crippen molar-refractivity contribution in [2.45, 2.75) is 24.9 Å². The first-order valence-corrected chi connectivity index (χ1v) is 15.8. The highest BCUT2D eigenvalue weighted by Gasteiger charge is 2.31. The minimum absolute atomic E-state index is 0.0942. The SMILES string of the molecule is COC(=O)[C@H](Cc1ccccc1)NCC(=O)Nc1ccc2c(c1)C(=O)c1cc(NC(=O)CN[C@H](Cc3ccccc3)C(=O)OC)ccc1C2=O. The van der Waals surface area contributed by atoms with E-state index in [0.717, 1.165) is 11.1 Å². The molecule has 5 rings (SSSR count). The number of nitrogens with one attached hydrogen (secondary N) is 4. The Hall–Kier alpha value is -5.98. The molecule has 12 heteroatoms. The lowest BCUT2D eigenvalue weighted by Gasteiger charge is -2.20. The number of hydrogen-bond acceptors (Lipinski definition) is 10. The summed E-state index contributed by atoms with van der Waals surface area (Å²) in [5.74, 6) is -2.81. The number of hydrogen-bond donors (Lipinski definition) is 4. The van der Waals surface area contributed by atoms with Crippen molar-refractivity contribution in [3.63, 3.8) is 0 Å². The van der Waals surface area contributed by atoms with Gasteiger partial charge >= 0.3 is 11.9 Å². The van der Waals surface area contributed by atoms with Gasteiger partial charge in [0.1, 0.15) is 12.1 Å². The molecule has 1 aliphatic rings. The van der Waals surface area contributed by atoms with Gasteiger partial charge < -0.3 is 20.1 Å². The molecule has 4 N–H and O–H groups in total. The van der Waals surface area contributed by atoms with E-state index in [-0.39, 0.29) is 52.5 Å². The third-order valence-electron chi connectivity index (χ3n) is 8.14. The first-order chi connectivity index (χ1) is 24.2. The van der Waals surface area contributed by atoms with E-state index in [1.54, 1.807) is 0 Å². The van der Waals surface area contributed by atoms with Crippen LogP contribution in [0.2, 0.25) is 0 Å². The van der Waals surface area contributed by atoms with Gasteiger partial charge in [0.05, 0.1) is 27.3 Å². The van der Waals surface area contributed by atoms with E-state index in [0.29, 0.717) is 12.8 Å². The van der Waals surface area contributed by atoms with Crippen LogP contribution in [0.5, 0.6) is 0 Å². The number of fused-ring (bicyclic) bond motifs is 2. The fourth-order valence-corrected chi connectivity index (χ4v) is 5.61. The molecule has 0 heterocycles. The van der Waals surface area contributed by atoms with Crippen molar-refractivity contribution in [3.05, 3.63) is 130 Å². The van der Waals surface area contributed by atoms with E-state index in [1.807, 2.05) is 60.7 Å². The van der Waals surface area contributed by atoms with E-state index < -0.39 is 41.6 Å². The van der Waals surface area contributed by atoms with Crippen LogP contribution < -0.4 is 21.3 Å². The zero-order valence-electron chi connectivity index (χ0n) is 27.5. The Morgan fingerprint density at radius 3 is 1.30 bits per heavy atom. The third-order valence-corrected chi connectivity index (χ3v) is 8.14. The monoisotopic (exact) mass is 676 g/mol. The number of methoxy groups -OCH3 is 2. The van der Waals surface area contributed by atoms with Crippen LogP contribution in [-0.2, 0) is 41.5 Å². The molecule has 0 unspecified atom stereocenters. The number of amides is 2. The number of benzene rings is 4. The summed E-state index contributed by atoms with van der Waals surface area (Å²) in [5, 5.41) is 11.2. The first kappa shape index (κ1) is 35.3. The topological polar surface area (TPSA) is 169 Å². The van der Waals surface area contributed by atoms with Gasteiger partial charge in [-0.15, -0.1) is 0 Å². The summed E-state index contributed by atoms with van der Waals surface area (Å²) < 4.78 is 9.77. The largest absolute Gasteiger partial charge is 0.468 e. The van der Waals surface area contributed by atoms with Gasteiger partial charge in [-0.3, -0.25) is 39.4 Å². The van der Waals surface area contributed by atoms with Crippen molar-refractivity contribution in [2.24, 2.45) is 0 Å². The van der Waals surface area contributed by atoms with Crippen molar-refractivity contribution >= 4 is 46.7 Å². The minimum Gasteiger partial charge on any atom is -0.468 e. The van der Waals surface area contributed by atoms with Gasteiger partial charge in [-0.1, -0.05) is 60.7 Å². The Morgan fingerprint density at radius 2 is 0.920 bits per heavy atom. The van der Waals surface area contributed by atoms with Crippen LogP contribution in [0.25, 0.3) is 0 Å². The maximum Gasteiger partial charge on any atom is 0.323 e. The van der Waals surface area contributed by atoms with Crippen molar-refractivity contribution in [2.75, 3.05) is 37.9 Å². The number of esters is 2. The Balaban J connectivity index is 1.22. The molecule has 2 amide bonds. The number of rotatable bonds is 14. The second kappa shape index (κ2) is 16.4. The summed E-state index contributed by atoms with van der Waals surface area (Å²) in [7, 11) is 2.55. The molecule has 0 spiro atoms. The molecule has 1 aliphatic carbocycles. The molecule has 0 fully saturated rings. The van der Waals surface area contributed by atoms with Crippen LogP contribution in [0.1, 0.15) is 43.0 Å². The van der Waals surface area contributed by atoms with Gasteiger partial charge in [-0.25, -0.2) is 0 Å². The Morgan fingerprint density at radius 1 is 0.540 bits per heavy atom. The molecule has 4 aromatic rings.